The van der Waals surface area contributed by atoms with Crippen molar-refractivity contribution in [2.75, 3.05) is 27.2 Å². The highest BCUT2D eigenvalue weighted by Crippen LogP contribution is 2.40. The minimum atomic E-state index is -0.330. The second kappa shape index (κ2) is 5.47. The Bertz CT molecular complexity index is 474. The van der Waals surface area contributed by atoms with Crippen molar-refractivity contribution < 1.29 is 5.11 Å². The van der Waals surface area contributed by atoms with E-state index in [-0.39, 0.29) is 12.1 Å². The van der Waals surface area contributed by atoms with Crippen molar-refractivity contribution in [3.05, 3.63) is 35.4 Å². The number of aliphatic hydroxyl groups is 1. The number of aliphatic hydroxyl groups excluding tert-OH is 1. The lowest BCUT2D eigenvalue weighted by Crippen LogP contribution is -2.43. The number of fused-ring (bicyclic) bond motifs is 1. The van der Waals surface area contributed by atoms with Crippen molar-refractivity contribution in [3.63, 3.8) is 0 Å². The van der Waals surface area contributed by atoms with Gasteiger partial charge in [0.05, 0.1) is 6.10 Å². The van der Waals surface area contributed by atoms with E-state index in [1.165, 1.54) is 12.0 Å². The maximum atomic E-state index is 10.8. The van der Waals surface area contributed by atoms with Gasteiger partial charge in [-0.25, -0.2) is 0 Å². The van der Waals surface area contributed by atoms with E-state index in [0.29, 0.717) is 12.0 Å². The van der Waals surface area contributed by atoms with Crippen LogP contribution in [0.2, 0.25) is 0 Å². The summed E-state index contributed by atoms with van der Waals surface area (Å²) in [5.41, 5.74) is 2.48. The fraction of sp³-hybridized carbons (Fsp3) is 0.647. The third-order valence-electron chi connectivity index (χ3n) is 5.20. The molecule has 0 bridgehead atoms. The highest BCUT2D eigenvalue weighted by Gasteiger charge is 2.38. The number of hydrogen-bond acceptors (Lipinski definition) is 3. The maximum Gasteiger partial charge on any atom is 0.0948 e. The van der Waals surface area contributed by atoms with Gasteiger partial charge < -0.3 is 10.0 Å². The second-order valence-electron chi connectivity index (χ2n) is 6.68. The summed E-state index contributed by atoms with van der Waals surface area (Å²) < 4.78 is 0. The van der Waals surface area contributed by atoms with Crippen LogP contribution in [0.4, 0.5) is 0 Å². The normalized spacial score (nSPS) is 34.5. The molecule has 1 aliphatic heterocycles. The fourth-order valence-corrected chi connectivity index (χ4v) is 3.89. The molecule has 0 aromatic heterocycles. The summed E-state index contributed by atoms with van der Waals surface area (Å²) in [4.78, 5) is 4.81. The van der Waals surface area contributed by atoms with Gasteiger partial charge in [0.25, 0.3) is 0 Å². The molecule has 110 valence electrons. The highest BCUT2D eigenvalue weighted by molar-refractivity contribution is 5.35. The quantitative estimate of drug-likeness (QED) is 0.896. The number of likely N-dealkylation sites (tertiary alicyclic amines) is 1. The largest absolute Gasteiger partial charge is 0.387 e. The SMILES string of the molecule is CC1CC(N2CCC(N(C)C)C2)C(O)c2ccccc21. The molecule has 3 nitrogen and oxygen atoms in total. The molecule has 1 saturated heterocycles. The van der Waals surface area contributed by atoms with E-state index < -0.39 is 0 Å². The zero-order chi connectivity index (χ0) is 14.3. The van der Waals surface area contributed by atoms with Crippen LogP contribution in [0.25, 0.3) is 0 Å². The van der Waals surface area contributed by atoms with Crippen LogP contribution >= 0.6 is 0 Å². The Morgan fingerprint density at radius 1 is 1.20 bits per heavy atom. The molecule has 1 N–H and O–H groups in total. The van der Waals surface area contributed by atoms with E-state index in [9.17, 15) is 5.11 Å². The molecule has 1 aliphatic carbocycles. The summed E-state index contributed by atoms with van der Waals surface area (Å²) in [5.74, 6) is 0.540. The van der Waals surface area contributed by atoms with E-state index in [0.717, 1.165) is 25.1 Å². The van der Waals surface area contributed by atoms with Crippen molar-refractivity contribution in [2.24, 2.45) is 0 Å². The third-order valence-corrected chi connectivity index (χ3v) is 5.20. The van der Waals surface area contributed by atoms with Gasteiger partial charge in [-0.05, 0) is 44.0 Å². The number of hydrogen-bond donors (Lipinski definition) is 1. The summed E-state index contributed by atoms with van der Waals surface area (Å²) >= 11 is 0. The van der Waals surface area contributed by atoms with Gasteiger partial charge in [-0.2, -0.15) is 0 Å². The van der Waals surface area contributed by atoms with Crippen LogP contribution in [0, 0.1) is 0 Å². The van der Waals surface area contributed by atoms with Gasteiger partial charge in [0.2, 0.25) is 0 Å². The molecule has 2 aliphatic rings. The topological polar surface area (TPSA) is 26.7 Å². The van der Waals surface area contributed by atoms with E-state index in [1.807, 2.05) is 6.07 Å². The van der Waals surface area contributed by atoms with Gasteiger partial charge in [-0.1, -0.05) is 31.2 Å². The van der Waals surface area contributed by atoms with Crippen LogP contribution in [0.3, 0.4) is 0 Å². The lowest BCUT2D eigenvalue weighted by atomic mass is 9.79. The van der Waals surface area contributed by atoms with Crippen LogP contribution in [0.15, 0.2) is 24.3 Å². The lowest BCUT2D eigenvalue weighted by molar-refractivity contribution is 0.0406. The second-order valence-corrected chi connectivity index (χ2v) is 6.68. The molecule has 1 aromatic carbocycles. The zero-order valence-corrected chi connectivity index (χ0v) is 12.8. The molecule has 4 unspecified atom stereocenters. The Labute approximate surface area is 122 Å². The van der Waals surface area contributed by atoms with E-state index in [2.05, 4.69) is 49.0 Å². The summed E-state index contributed by atoms with van der Waals surface area (Å²) in [7, 11) is 4.31. The van der Waals surface area contributed by atoms with Crippen molar-refractivity contribution in [2.45, 2.75) is 43.9 Å². The smallest absolute Gasteiger partial charge is 0.0948 e. The van der Waals surface area contributed by atoms with Crippen LogP contribution in [-0.4, -0.2) is 54.2 Å². The van der Waals surface area contributed by atoms with Gasteiger partial charge in [-0.15, -0.1) is 0 Å². The molecule has 1 heterocycles. The van der Waals surface area contributed by atoms with Gasteiger partial charge in [0.1, 0.15) is 0 Å². The molecule has 0 radical (unpaired) electrons. The van der Waals surface area contributed by atoms with Crippen LogP contribution in [0.1, 0.15) is 42.9 Å². The number of benzene rings is 1. The Kier molecular flexibility index (Phi) is 3.85. The minimum absolute atomic E-state index is 0.282. The Hall–Kier alpha value is -0.900. The van der Waals surface area contributed by atoms with Gasteiger partial charge >= 0.3 is 0 Å². The lowest BCUT2D eigenvalue weighted by Gasteiger charge is -2.39. The molecular weight excluding hydrogens is 248 g/mol. The average molecular weight is 274 g/mol. The van der Waals surface area contributed by atoms with Crippen molar-refractivity contribution in [1.29, 1.82) is 0 Å². The highest BCUT2D eigenvalue weighted by atomic mass is 16.3. The maximum absolute atomic E-state index is 10.8. The number of rotatable bonds is 2. The first-order chi connectivity index (χ1) is 9.58. The molecule has 0 saturated carbocycles. The molecule has 0 spiro atoms. The molecule has 1 fully saturated rings. The first-order valence-electron chi connectivity index (χ1n) is 7.75. The average Bonchev–Trinajstić information content (AvgIpc) is 2.93. The van der Waals surface area contributed by atoms with Crippen LogP contribution < -0.4 is 0 Å². The van der Waals surface area contributed by atoms with E-state index in [4.69, 9.17) is 0 Å². The first-order valence-corrected chi connectivity index (χ1v) is 7.75. The predicted octanol–water partition coefficient (Wildman–Crippen LogP) is 2.23. The predicted molar refractivity (Wildman–Crippen MR) is 81.9 cm³/mol. The van der Waals surface area contributed by atoms with Gasteiger partial charge in [-0.3, -0.25) is 4.90 Å². The Morgan fingerprint density at radius 2 is 1.90 bits per heavy atom. The van der Waals surface area contributed by atoms with Gasteiger partial charge in [0.15, 0.2) is 0 Å². The van der Waals surface area contributed by atoms with E-state index >= 15 is 0 Å². The monoisotopic (exact) mass is 274 g/mol. The molecule has 3 heteroatoms. The molecule has 4 atom stereocenters. The van der Waals surface area contributed by atoms with Gasteiger partial charge in [0, 0.05) is 25.2 Å². The minimum Gasteiger partial charge on any atom is -0.387 e. The van der Waals surface area contributed by atoms with Crippen LogP contribution in [0.5, 0.6) is 0 Å². The van der Waals surface area contributed by atoms with Crippen molar-refractivity contribution in [1.82, 2.24) is 9.80 Å². The summed E-state index contributed by atoms with van der Waals surface area (Å²) in [5, 5.41) is 10.8. The van der Waals surface area contributed by atoms with Crippen LogP contribution in [-0.2, 0) is 0 Å². The fourth-order valence-electron chi connectivity index (χ4n) is 3.89. The number of likely N-dealkylation sites (N-methyl/N-ethyl adjacent to an activating group) is 1. The van der Waals surface area contributed by atoms with Crippen molar-refractivity contribution in [3.8, 4) is 0 Å². The Balaban J connectivity index is 1.80. The number of nitrogens with zero attached hydrogens (tertiary/aromatic N) is 2. The summed E-state index contributed by atoms with van der Waals surface area (Å²) in [6, 6.07) is 9.32. The third kappa shape index (κ3) is 2.39. The summed E-state index contributed by atoms with van der Waals surface area (Å²) in [6.07, 6.45) is 1.95. The molecule has 0 amide bonds. The van der Waals surface area contributed by atoms with E-state index in [1.54, 1.807) is 0 Å². The molecule has 1 aromatic rings. The zero-order valence-electron chi connectivity index (χ0n) is 12.8. The molecule has 20 heavy (non-hydrogen) atoms. The Morgan fingerprint density at radius 3 is 2.55 bits per heavy atom. The standard InChI is InChI=1S/C17H26N2O/c1-12-10-16(19-9-8-13(11-19)18(2)3)17(20)15-7-5-4-6-14(12)15/h4-7,12-13,16-17,20H,8-11H2,1-3H3. The summed E-state index contributed by atoms with van der Waals surface area (Å²) in [6.45, 7) is 4.49. The van der Waals surface area contributed by atoms with Crippen molar-refractivity contribution >= 4 is 0 Å². The molecular formula is C17H26N2O. The first kappa shape index (κ1) is 14.1. The molecule has 3 rings (SSSR count).